The van der Waals surface area contributed by atoms with Crippen LogP contribution in [0.1, 0.15) is 41.0 Å². The number of hydrogen-bond acceptors (Lipinski definition) is 5. The summed E-state index contributed by atoms with van der Waals surface area (Å²) in [5, 5.41) is 0. The van der Waals surface area contributed by atoms with E-state index in [1.165, 1.54) is 6.92 Å². The molecule has 0 saturated carbocycles. The molecule has 1 aromatic rings. The second-order valence-corrected chi connectivity index (χ2v) is 6.73. The van der Waals surface area contributed by atoms with Crippen molar-refractivity contribution in [3.63, 3.8) is 0 Å². The number of epoxide rings is 1. The number of Topliss-reactive ketones (excluding diaryl/α,β-unsaturated/α-hetero) is 3. The van der Waals surface area contributed by atoms with Crippen LogP contribution < -0.4 is 0 Å². The van der Waals surface area contributed by atoms with E-state index in [0.717, 1.165) is 0 Å². The van der Waals surface area contributed by atoms with Gasteiger partial charge in [0.05, 0.1) is 11.8 Å². The van der Waals surface area contributed by atoms with Gasteiger partial charge in [-0.3, -0.25) is 14.4 Å². The maximum atomic E-state index is 13.1. The van der Waals surface area contributed by atoms with Gasteiger partial charge in [0.15, 0.2) is 11.6 Å². The molecule has 1 saturated heterocycles. The Balaban J connectivity index is 1.80. The molecule has 4 atom stereocenters. The van der Waals surface area contributed by atoms with Crippen LogP contribution in [-0.2, 0) is 14.3 Å². The van der Waals surface area contributed by atoms with Gasteiger partial charge < -0.3 is 9.47 Å². The number of fused-ring (bicyclic) bond motifs is 2. The van der Waals surface area contributed by atoms with Crippen LogP contribution in [0.3, 0.4) is 0 Å². The van der Waals surface area contributed by atoms with Crippen molar-refractivity contribution in [2.75, 3.05) is 0 Å². The Bertz CT molecular complexity index is 847. The lowest BCUT2D eigenvalue weighted by molar-refractivity contribution is -0.116. The molecule has 0 N–H and O–H groups in total. The average molecular weight is 338 g/mol. The topological polar surface area (TPSA) is 73.0 Å². The molecule has 1 fully saturated rings. The molecule has 1 heterocycles. The van der Waals surface area contributed by atoms with Crippen LogP contribution in [0.25, 0.3) is 0 Å². The Kier molecular flexibility index (Phi) is 3.69. The third-order valence-corrected chi connectivity index (χ3v) is 4.84. The highest BCUT2D eigenvalue weighted by molar-refractivity contribution is 6.17. The zero-order valence-electron chi connectivity index (χ0n) is 14.0. The quantitative estimate of drug-likeness (QED) is 0.789. The summed E-state index contributed by atoms with van der Waals surface area (Å²) in [6, 6.07) is 6.85. The summed E-state index contributed by atoms with van der Waals surface area (Å²) >= 11 is 0. The number of carbonyl (C=O) groups excluding carboxylic acids is 3. The lowest BCUT2D eigenvalue weighted by Crippen LogP contribution is -2.39. The summed E-state index contributed by atoms with van der Waals surface area (Å²) in [5.74, 6) is -1.18. The number of ether oxygens (including phenoxy) is 2. The largest absolute Gasteiger partial charge is 0.465 e. The molecule has 5 heteroatoms. The maximum Gasteiger partial charge on any atom is 0.226 e. The first-order valence-electron chi connectivity index (χ1n) is 8.37. The molecule has 0 amide bonds. The molecule has 0 radical (unpaired) electrons. The van der Waals surface area contributed by atoms with E-state index in [-0.39, 0.29) is 29.9 Å². The Morgan fingerprint density at radius 2 is 1.80 bits per heavy atom. The number of benzene rings is 1. The van der Waals surface area contributed by atoms with E-state index >= 15 is 0 Å². The van der Waals surface area contributed by atoms with Gasteiger partial charge in [-0.15, -0.1) is 0 Å². The minimum atomic E-state index is -0.724. The van der Waals surface area contributed by atoms with Crippen LogP contribution in [0.5, 0.6) is 0 Å². The summed E-state index contributed by atoms with van der Waals surface area (Å²) in [6.07, 6.45) is 3.15. The van der Waals surface area contributed by atoms with E-state index in [4.69, 9.17) is 9.47 Å². The normalized spacial score (nSPS) is 30.0. The smallest absolute Gasteiger partial charge is 0.226 e. The second kappa shape index (κ2) is 5.77. The number of allylic oxidation sites excluding steroid dienone is 4. The van der Waals surface area contributed by atoms with Crippen LogP contribution in [0, 0.1) is 11.8 Å². The van der Waals surface area contributed by atoms with Gasteiger partial charge in [0, 0.05) is 17.5 Å². The van der Waals surface area contributed by atoms with Gasteiger partial charge in [-0.1, -0.05) is 36.4 Å². The van der Waals surface area contributed by atoms with Crippen molar-refractivity contribution in [1.29, 1.82) is 0 Å². The predicted molar refractivity (Wildman–Crippen MR) is 89.0 cm³/mol. The Morgan fingerprint density at radius 3 is 2.40 bits per heavy atom. The van der Waals surface area contributed by atoms with Gasteiger partial charge >= 0.3 is 0 Å². The van der Waals surface area contributed by atoms with Gasteiger partial charge in [0.25, 0.3) is 0 Å². The number of carbonyl (C=O) groups is 3. The van der Waals surface area contributed by atoms with E-state index in [0.29, 0.717) is 22.5 Å². The first-order valence-corrected chi connectivity index (χ1v) is 8.37. The van der Waals surface area contributed by atoms with Crippen LogP contribution >= 0.6 is 0 Å². The molecule has 0 spiro atoms. The molecule has 4 rings (SSSR count). The molecule has 2 aliphatic carbocycles. The second-order valence-electron chi connectivity index (χ2n) is 6.73. The standard InChI is InChI=1S/C20H18O5/c1-10(21)9-12-7-8-15-16(19(12)25-20-11(2)24-20)18(23)14-6-4-3-5-13(14)17(15)22/h3-8,11,15-16,20H,9H2,1-2H3. The van der Waals surface area contributed by atoms with Crippen molar-refractivity contribution in [2.45, 2.75) is 32.7 Å². The average Bonchev–Trinajstić information content (AvgIpc) is 3.28. The van der Waals surface area contributed by atoms with Gasteiger partial charge in [-0.2, -0.15) is 0 Å². The molecule has 0 bridgehead atoms. The fourth-order valence-corrected chi connectivity index (χ4v) is 3.53. The maximum absolute atomic E-state index is 13.1. The zero-order chi connectivity index (χ0) is 17.7. The molecule has 3 aliphatic rings. The molecule has 4 unspecified atom stereocenters. The number of rotatable bonds is 4. The van der Waals surface area contributed by atoms with E-state index < -0.39 is 18.1 Å². The van der Waals surface area contributed by atoms with E-state index in [2.05, 4.69) is 0 Å². The molecule has 1 aromatic carbocycles. The molecule has 0 aromatic heterocycles. The van der Waals surface area contributed by atoms with E-state index in [9.17, 15) is 14.4 Å². The van der Waals surface area contributed by atoms with Gasteiger partial charge in [0.2, 0.25) is 6.29 Å². The fraction of sp³-hybridized carbons (Fsp3) is 0.350. The third-order valence-electron chi connectivity index (χ3n) is 4.84. The van der Waals surface area contributed by atoms with Crippen LogP contribution in [0.2, 0.25) is 0 Å². The van der Waals surface area contributed by atoms with Crippen LogP contribution in [0.15, 0.2) is 47.7 Å². The van der Waals surface area contributed by atoms with Gasteiger partial charge in [-0.05, 0) is 19.4 Å². The molecule has 1 aliphatic heterocycles. The zero-order valence-corrected chi connectivity index (χ0v) is 14.0. The van der Waals surface area contributed by atoms with Crippen molar-refractivity contribution in [3.8, 4) is 0 Å². The van der Waals surface area contributed by atoms with Crippen LogP contribution in [0.4, 0.5) is 0 Å². The minimum absolute atomic E-state index is 0.0288. The monoisotopic (exact) mass is 338 g/mol. The van der Waals surface area contributed by atoms with Crippen molar-refractivity contribution in [3.05, 3.63) is 58.9 Å². The molecule has 128 valence electrons. The third kappa shape index (κ3) is 2.65. The Hall–Kier alpha value is -2.53. The highest BCUT2D eigenvalue weighted by atomic mass is 16.8. The van der Waals surface area contributed by atoms with Crippen molar-refractivity contribution >= 4 is 17.3 Å². The van der Waals surface area contributed by atoms with E-state index in [1.54, 1.807) is 36.4 Å². The summed E-state index contributed by atoms with van der Waals surface area (Å²) in [4.78, 5) is 37.6. The molecular weight excluding hydrogens is 320 g/mol. The number of hydrogen-bond donors (Lipinski definition) is 0. The molecule has 25 heavy (non-hydrogen) atoms. The first kappa shape index (κ1) is 16.0. The molecule has 5 nitrogen and oxygen atoms in total. The van der Waals surface area contributed by atoms with Crippen molar-refractivity contribution < 1.29 is 23.9 Å². The molecular formula is C20H18O5. The first-order chi connectivity index (χ1) is 12.0. The summed E-state index contributed by atoms with van der Waals surface area (Å²) in [7, 11) is 0. The van der Waals surface area contributed by atoms with Crippen LogP contribution in [-0.4, -0.2) is 29.7 Å². The van der Waals surface area contributed by atoms with Gasteiger partial charge in [-0.25, -0.2) is 0 Å². The SMILES string of the molecule is CC(=O)CC1=C(OC2OC2C)C2C(=O)c3ccccc3C(=O)C2C=C1. The Labute approximate surface area is 145 Å². The van der Waals surface area contributed by atoms with Crippen molar-refractivity contribution in [2.24, 2.45) is 11.8 Å². The summed E-state index contributed by atoms with van der Waals surface area (Å²) in [5.41, 5.74) is 1.51. The fourth-order valence-electron chi connectivity index (χ4n) is 3.53. The Morgan fingerprint density at radius 1 is 1.16 bits per heavy atom. The lowest BCUT2D eigenvalue weighted by Gasteiger charge is -2.33. The summed E-state index contributed by atoms with van der Waals surface area (Å²) < 4.78 is 11.2. The lowest BCUT2D eigenvalue weighted by atomic mass is 9.70. The number of ketones is 3. The highest BCUT2D eigenvalue weighted by Crippen LogP contribution is 2.42. The van der Waals surface area contributed by atoms with Gasteiger partial charge in [0.1, 0.15) is 17.6 Å². The van der Waals surface area contributed by atoms with Crippen molar-refractivity contribution in [1.82, 2.24) is 0 Å². The van der Waals surface area contributed by atoms with E-state index in [1.807, 2.05) is 6.92 Å². The highest BCUT2D eigenvalue weighted by Gasteiger charge is 2.48. The minimum Gasteiger partial charge on any atom is -0.465 e. The summed E-state index contributed by atoms with van der Waals surface area (Å²) in [6.45, 7) is 3.36. The predicted octanol–water partition coefficient (Wildman–Crippen LogP) is 2.86.